The van der Waals surface area contributed by atoms with Gasteiger partial charge in [0.1, 0.15) is 5.82 Å². The number of hydrogen-bond acceptors (Lipinski definition) is 3. The van der Waals surface area contributed by atoms with Gasteiger partial charge in [0, 0.05) is 30.2 Å². The van der Waals surface area contributed by atoms with E-state index in [0.717, 1.165) is 12.4 Å². The zero-order chi connectivity index (χ0) is 16.8. The highest BCUT2D eigenvalue weighted by Crippen LogP contribution is 2.36. The maximum absolute atomic E-state index is 12.0. The molecule has 1 aliphatic rings. The summed E-state index contributed by atoms with van der Waals surface area (Å²) in [5.74, 6) is 2.05. The van der Waals surface area contributed by atoms with E-state index in [4.69, 9.17) is 0 Å². The smallest absolute Gasteiger partial charge is 0.315 e. The van der Waals surface area contributed by atoms with Crippen LogP contribution in [0.5, 0.6) is 0 Å². The Morgan fingerprint density at radius 3 is 2.92 bits per heavy atom. The van der Waals surface area contributed by atoms with Crippen molar-refractivity contribution < 1.29 is 4.79 Å². The largest absolute Gasteiger partial charge is 0.337 e. The van der Waals surface area contributed by atoms with E-state index in [1.54, 1.807) is 6.20 Å². The fourth-order valence-electron chi connectivity index (χ4n) is 2.90. The number of carbonyl (C=O) groups excluding carboxylic acids is 1. The number of imidazole rings is 1. The van der Waals surface area contributed by atoms with E-state index in [-0.39, 0.29) is 10.8 Å². The first-order valence-corrected chi connectivity index (χ1v) is 9.33. The molecule has 1 atom stereocenters. The van der Waals surface area contributed by atoms with Crippen molar-refractivity contribution in [2.24, 2.45) is 0 Å². The zero-order valence-electron chi connectivity index (χ0n) is 14.0. The predicted molar refractivity (Wildman–Crippen MR) is 98.1 cm³/mol. The van der Waals surface area contributed by atoms with Crippen LogP contribution in [0, 0.1) is 0 Å². The number of aromatic nitrogens is 2. The number of hydrogen-bond donors (Lipinski definition) is 2. The first-order chi connectivity index (χ1) is 11.6. The molecule has 24 heavy (non-hydrogen) atoms. The van der Waals surface area contributed by atoms with Gasteiger partial charge < -0.3 is 15.2 Å². The molecule has 1 aromatic heterocycles. The van der Waals surface area contributed by atoms with Gasteiger partial charge >= 0.3 is 6.03 Å². The number of amides is 2. The van der Waals surface area contributed by atoms with Crippen molar-refractivity contribution in [1.82, 2.24) is 20.2 Å². The highest BCUT2D eigenvalue weighted by Gasteiger charge is 2.29. The Labute approximate surface area is 147 Å². The van der Waals surface area contributed by atoms with Crippen molar-refractivity contribution >= 4 is 17.8 Å². The summed E-state index contributed by atoms with van der Waals surface area (Å²) in [7, 11) is 0. The molecule has 1 aromatic carbocycles. The second-order valence-corrected chi connectivity index (χ2v) is 8.08. The normalized spacial score (nSPS) is 20.0. The lowest BCUT2D eigenvalue weighted by molar-refractivity contribution is 0.239. The van der Waals surface area contributed by atoms with Crippen LogP contribution in [-0.4, -0.2) is 32.6 Å². The van der Waals surface area contributed by atoms with Crippen LogP contribution in [0.4, 0.5) is 4.79 Å². The third-order valence-electron chi connectivity index (χ3n) is 4.33. The standard InChI is InChI=1S/C18H24N4OS/c1-18(8-5-11-24-18)14-21-17(23)20-12-16-19-9-10-22(16)13-15-6-3-2-4-7-15/h2-4,6-7,9-10H,5,8,11-14H2,1H3,(H2,20,21,23). The third kappa shape index (κ3) is 4.54. The van der Waals surface area contributed by atoms with Gasteiger partial charge in [0.2, 0.25) is 0 Å². The number of nitrogens with zero attached hydrogens (tertiary/aromatic N) is 2. The maximum atomic E-state index is 12.0. The number of carbonyl (C=O) groups is 1. The summed E-state index contributed by atoms with van der Waals surface area (Å²) in [6.07, 6.45) is 6.12. The molecule has 0 saturated carbocycles. The molecule has 0 radical (unpaired) electrons. The predicted octanol–water partition coefficient (Wildman–Crippen LogP) is 3.02. The fourth-order valence-corrected chi connectivity index (χ4v) is 4.14. The Hall–Kier alpha value is -1.95. The topological polar surface area (TPSA) is 59.0 Å². The third-order valence-corrected chi connectivity index (χ3v) is 5.87. The van der Waals surface area contributed by atoms with Gasteiger partial charge in [-0.05, 0) is 31.1 Å². The molecule has 1 fully saturated rings. The number of urea groups is 1. The van der Waals surface area contributed by atoms with Gasteiger partial charge in [-0.2, -0.15) is 11.8 Å². The van der Waals surface area contributed by atoms with E-state index in [9.17, 15) is 4.79 Å². The summed E-state index contributed by atoms with van der Waals surface area (Å²) in [4.78, 5) is 16.4. The van der Waals surface area contributed by atoms with Crippen LogP contribution in [-0.2, 0) is 13.1 Å². The quantitative estimate of drug-likeness (QED) is 0.847. The van der Waals surface area contributed by atoms with Crippen LogP contribution in [0.1, 0.15) is 31.2 Å². The zero-order valence-corrected chi connectivity index (χ0v) is 14.8. The number of nitrogens with one attached hydrogen (secondary N) is 2. The van der Waals surface area contributed by atoms with Gasteiger partial charge in [-0.1, -0.05) is 30.3 Å². The van der Waals surface area contributed by atoms with Crippen LogP contribution in [0.25, 0.3) is 0 Å². The minimum Gasteiger partial charge on any atom is -0.337 e. The molecule has 2 aromatic rings. The van der Waals surface area contributed by atoms with Gasteiger partial charge in [0.25, 0.3) is 0 Å². The second-order valence-electron chi connectivity index (χ2n) is 6.40. The van der Waals surface area contributed by atoms with E-state index < -0.39 is 0 Å². The van der Waals surface area contributed by atoms with Gasteiger partial charge in [0.15, 0.2) is 0 Å². The lowest BCUT2D eigenvalue weighted by atomic mass is 10.1. The van der Waals surface area contributed by atoms with Crippen molar-refractivity contribution in [3.63, 3.8) is 0 Å². The molecule has 0 spiro atoms. The number of rotatable bonds is 6. The van der Waals surface area contributed by atoms with E-state index in [2.05, 4.69) is 39.2 Å². The molecular weight excluding hydrogens is 320 g/mol. The molecule has 0 aliphatic carbocycles. The van der Waals surface area contributed by atoms with Crippen molar-refractivity contribution in [1.29, 1.82) is 0 Å². The Morgan fingerprint density at radius 2 is 2.17 bits per heavy atom. The van der Waals surface area contributed by atoms with Gasteiger partial charge in [-0.25, -0.2) is 9.78 Å². The average molecular weight is 344 g/mol. The van der Waals surface area contributed by atoms with E-state index in [1.807, 2.05) is 36.2 Å². The summed E-state index contributed by atoms with van der Waals surface area (Å²) in [5.41, 5.74) is 1.22. The lowest BCUT2D eigenvalue weighted by Gasteiger charge is -2.22. The average Bonchev–Trinajstić information content (AvgIpc) is 3.22. The van der Waals surface area contributed by atoms with Crippen LogP contribution < -0.4 is 10.6 Å². The van der Waals surface area contributed by atoms with Crippen molar-refractivity contribution in [3.05, 3.63) is 54.1 Å². The summed E-state index contributed by atoms with van der Waals surface area (Å²) >= 11 is 1.95. The number of benzene rings is 1. The highest BCUT2D eigenvalue weighted by molar-refractivity contribution is 8.00. The second kappa shape index (κ2) is 7.75. The van der Waals surface area contributed by atoms with Crippen LogP contribution in [0.15, 0.2) is 42.7 Å². The van der Waals surface area contributed by atoms with Gasteiger partial charge in [-0.15, -0.1) is 0 Å². The Kier molecular flexibility index (Phi) is 5.45. The molecule has 1 aliphatic heterocycles. The molecule has 3 rings (SSSR count). The van der Waals surface area contributed by atoms with Crippen LogP contribution >= 0.6 is 11.8 Å². The molecule has 0 bridgehead atoms. The molecule has 2 heterocycles. The summed E-state index contributed by atoms with van der Waals surface area (Å²) in [5, 5.41) is 5.90. The SMILES string of the molecule is CC1(CNC(=O)NCc2nccn2Cc2ccccc2)CCCS1. The Morgan fingerprint density at radius 1 is 1.33 bits per heavy atom. The molecule has 6 heteroatoms. The van der Waals surface area contributed by atoms with Crippen molar-refractivity contribution in [3.8, 4) is 0 Å². The summed E-state index contributed by atoms with van der Waals surface area (Å²) in [6.45, 7) is 4.11. The maximum Gasteiger partial charge on any atom is 0.315 e. The van der Waals surface area contributed by atoms with Crippen molar-refractivity contribution in [2.75, 3.05) is 12.3 Å². The highest BCUT2D eigenvalue weighted by atomic mass is 32.2. The molecule has 2 amide bonds. The molecular formula is C18H24N4OS. The first-order valence-electron chi connectivity index (χ1n) is 8.34. The minimum absolute atomic E-state index is 0.127. The minimum atomic E-state index is -0.127. The van der Waals surface area contributed by atoms with Crippen LogP contribution in [0.2, 0.25) is 0 Å². The summed E-state index contributed by atoms with van der Waals surface area (Å²) < 4.78 is 2.24. The van der Waals surface area contributed by atoms with Gasteiger partial charge in [-0.3, -0.25) is 0 Å². The Balaban J connectivity index is 1.48. The van der Waals surface area contributed by atoms with Gasteiger partial charge in [0.05, 0.1) is 6.54 Å². The molecule has 128 valence electrons. The van der Waals surface area contributed by atoms with Crippen molar-refractivity contribution in [2.45, 2.75) is 37.6 Å². The molecule has 5 nitrogen and oxygen atoms in total. The first kappa shape index (κ1) is 16.9. The molecule has 1 unspecified atom stereocenters. The fraction of sp³-hybridized carbons (Fsp3) is 0.444. The monoisotopic (exact) mass is 344 g/mol. The molecule has 2 N–H and O–H groups in total. The van der Waals surface area contributed by atoms with E-state index in [0.29, 0.717) is 13.1 Å². The summed E-state index contributed by atoms with van der Waals surface area (Å²) in [6, 6.07) is 10.1. The lowest BCUT2D eigenvalue weighted by Crippen LogP contribution is -2.42. The number of thioether (sulfide) groups is 1. The van der Waals surface area contributed by atoms with E-state index >= 15 is 0 Å². The van der Waals surface area contributed by atoms with Crippen LogP contribution in [0.3, 0.4) is 0 Å². The molecule has 1 saturated heterocycles. The Bertz CT molecular complexity index is 665. The van der Waals surface area contributed by atoms with E-state index in [1.165, 1.54) is 24.2 Å².